The van der Waals surface area contributed by atoms with Crippen LogP contribution in [-0.4, -0.2) is 40.0 Å². The van der Waals surface area contributed by atoms with Gasteiger partial charge in [-0.2, -0.15) is 0 Å². The molecule has 2 aromatic rings. The van der Waals surface area contributed by atoms with E-state index < -0.39 is 29.9 Å². The van der Waals surface area contributed by atoms with E-state index in [0.717, 1.165) is 16.3 Å². The lowest BCUT2D eigenvalue weighted by atomic mass is 10.1. The number of aromatic nitrogens is 1. The Balaban J connectivity index is 1.70. The van der Waals surface area contributed by atoms with Crippen LogP contribution in [-0.2, 0) is 19.1 Å². The largest absolute Gasteiger partial charge is 0.479 e. The van der Waals surface area contributed by atoms with Crippen molar-refractivity contribution in [2.24, 2.45) is 0 Å². The standard InChI is InChI=1S/C21H24N2O5S/c1-12(2)15-11-29-16(23-15)9-8-13-6-5-7-14(10-13)22-19(24)17-18(20(25)26)28-21(3,4)27-17/h5-12,17-18H,1-4H3,(H,22,24)(H,25,26)/b9-8+/t17-,18-/m1/s1. The van der Waals surface area contributed by atoms with Crippen molar-refractivity contribution in [3.63, 3.8) is 0 Å². The molecule has 0 bridgehead atoms. The highest BCUT2D eigenvalue weighted by Crippen LogP contribution is 2.29. The molecular weight excluding hydrogens is 392 g/mol. The number of aliphatic carboxylic acids is 1. The molecule has 1 aliphatic heterocycles. The topological polar surface area (TPSA) is 97.8 Å². The summed E-state index contributed by atoms with van der Waals surface area (Å²) in [5.74, 6) is -2.56. The Hall–Kier alpha value is -2.55. The number of carbonyl (C=O) groups excluding carboxylic acids is 1. The van der Waals surface area contributed by atoms with Crippen LogP contribution in [0.3, 0.4) is 0 Å². The molecule has 3 rings (SSSR count). The summed E-state index contributed by atoms with van der Waals surface area (Å²) in [7, 11) is 0. The average Bonchev–Trinajstić information content (AvgIpc) is 3.24. The van der Waals surface area contributed by atoms with Crippen LogP contribution in [0.1, 0.15) is 49.9 Å². The molecule has 1 aliphatic rings. The third kappa shape index (κ3) is 5.29. The van der Waals surface area contributed by atoms with Crippen LogP contribution in [0.15, 0.2) is 29.6 Å². The van der Waals surface area contributed by atoms with Gasteiger partial charge in [-0.3, -0.25) is 4.79 Å². The van der Waals surface area contributed by atoms with Crippen LogP contribution in [0.25, 0.3) is 12.2 Å². The van der Waals surface area contributed by atoms with E-state index in [1.807, 2.05) is 23.6 Å². The first kappa shape index (κ1) is 21.2. The van der Waals surface area contributed by atoms with Crippen molar-refractivity contribution in [3.05, 3.63) is 45.9 Å². The van der Waals surface area contributed by atoms with Gasteiger partial charge in [-0.25, -0.2) is 9.78 Å². The molecule has 1 amide bonds. The van der Waals surface area contributed by atoms with E-state index in [4.69, 9.17) is 9.47 Å². The number of amides is 1. The number of anilines is 1. The summed E-state index contributed by atoms with van der Waals surface area (Å²) in [5.41, 5.74) is 2.48. The molecule has 0 unspecified atom stereocenters. The molecule has 1 fully saturated rings. The van der Waals surface area contributed by atoms with Crippen molar-refractivity contribution in [2.75, 3.05) is 5.32 Å². The summed E-state index contributed by atoms with van der Waals surface area (Å²) < 4.78 is 10.8. The molecule has 154 valence electrons. The number of nitrogens with zero attached hydrogens (tertiary/aromatic N) is 1. The van der Waals surface area contributed by atoms with Gasteiger partial charge in [0.2, 0.25) is 0 Å². The van der Waals surface area contributed by atoms with E-state index in [9.17, 15) is 14.7 Å². The Labute approximate surface area is 173 Å². The lowest BCUT2D eigenvalue weighted by Crippen LogP contribution is -2.40. The number of rotatable bonds is 6. The van der Waals surface area contributed by atoms with Gasteiger partial charge in [-0.1, -0.05) is 32.1 Å². The van der Waals surface area contributed by atoms with Gasteiger partial charge in [0.25, 0.3) is 5.91 Å². The molecule has 1 aromatic heterocycles. The molecular formula is C21H24N2O5S. The van der Waals surface area contributed by atoms with E-state index in [2.05, 4.69) is 24.1 Å². The molecule has 7 nitrogen and oxygen atoms in total. The highest BCUT2D eigenvalue weighted by Gasteiger charge is 2.49. The minimum absolute atomic E-state index is 0.383. The fraction of sp³-hybridized carbons (Fsp3) is 0.381. The van der Waals surface area contributed by atoms with Crippen molar-refractivity contribution < 1.29 is 24.2 Å². The van der Waals surface area contributed by atoms with Crippen LogP contribution in [0.4, 0.5) is 5.69 Å². The zero-order valence-electron chi connectivity index (χ0n) is 16.7. The second-order valence-electron chi connectivity index (χ2n) is 7.53. The fourth-order valence-corrected chi connectivity index (χ4v) is 3.75. The van der Waals surface area contributed by atoms with Crippen LogP contribution in [0, 0.1) is 0 Å². The van der Waals surface area contributed by atoms with Gasteiger partial charge in [0, 0.05) is 11.1 Å². The Bertz CT molecular complexity index is 935. The molecule has 8 heteroatoms. The number of thiazole rings is 1. The summed E-state index contributed by atoms with van der Waals surface area (Å²) >= 11 is 1.58. The van der Waals surface area contributed by atoms with Crippen LogP contribution in [0.5, 0.6) is 0 Å². The molecule has 2 atom stereocenters. The van der Waals surface area contributed by atoms with Gasteiger partial charge < -0.3 is 19.9 Å². The first-order valence-corrected chi connectivity index (χ1v) is 10.2. The fourth-order valence-electron chi connectivity index (χ4n) is 2.88. The third-order valence-electron chi connectivity index (χ3n) is 4.30. The van der Waals surface area contributed by atoms with Crippen LogP contribution >= 0.6 is 11.3 Å². The normalized spacial score (nSPS) is 21.0. The van der Waals surface area contributed by atoms with Gasteiger partial charge in [-0.15, -0.1) is 11.3 Å². The lowest BCUT2D eigenvalue weighted by molar-refractivity contribution is -0.166. The van der Waals surface area contributed by atoms with E-state index in [1.54, 1.807) is 43.4 Å². The van der Waals surface area contributed by atoms with Crippen molar-refractivity contribution in [1.82, 2.24) is 4.98 Å². The zero-order chi connectivity index (χ0) is 21.2. The van der Waals surface area contributed by atoms with Crippen molar-refractivity contribution in [2.45, 2.75) is 51.6 Å². The number of hydrogen-bond acceptors (Lipinski definition) is 6. The maximum atomic E-state index is 12.6. The van der Waals surface area contributed by atoms with E-state index >= 15 is 0 Å². The molecule has 1 aromatic carbocycles. The van der Waals surface area contributed by atoms with Crippen molar-refractivity contribution in [3.8, 4) is 0 Å². The maximum absolute atomic E-state index is 12.6. The first-order valence-electron chi connectivity index (χ1n) is 9.27. The molecule has 0 saturated carbocycles. The van der Waals surface area contributed by atoms with Crippen LogP contribution in [0.2, 0.25) is 0 Å². The number of nitrogens with one attached hydrogen (secondary N) is 1. The second-order valence-corrected chi connectivity index (χ2v) is 8.42. The number of ether oxygens (including phenoxy) is 2. The molecule has 2 heterocycles. The Morgan fingerprint density at radius 3 is 2.62 bits per heavy atom. The van der Waals surface area contributed by atoms with Gasteiger partial charge in [-0.05, 0) is 43.5 Å². The predicted molar refractivity (Wildman–Crippen MR) is 112 cm³/mol. The Kier molecular flexibility index (Phi) is 6.16. The lowest BCUT2D eigenvalue weighted by Gasteiger charge is -2.16. The molecule has 0 aliphatic carbocycles. The van der Waals surface area contributed by atoms with E-state index in [1.165, 1.54) is 0 Å². The minimum Gasteiger partial charge on any atom is -0.479 e. The summed E-state index contributed by atoms with van der Waals surface area (Å²) in [6.07, 6.45) is 1.25. The smallest absolute Gasteiger partial charge is 0.336 e. The molecule has 0 radical (unpaired) electrons. The second kappa shape index (κ2) is 8.44. The Morgan fingerprint density at radius 1 is 1.24 bits per heavy atom. The SMILES string of the molecule is CC(C)c1csc(/C=C/c2cccc(NC(=O)[C@@H]3OC(C)(C)O[C@H]3C(=O)O)c2)n1. The average molecular weight is 416 g/mol. The van der Waals surface area contributed by atoms with Gasteiger partial charge in [0.15, 0.2) is 18.0 Å². The molecule has 2 N–H and O–H groups in total. The first-order chi connectivity index (χ1) is 13.6. The third-order valence-corrected chi connectivity index (χ3v) is 5.13. The van der Waals surface area contributed by atoms with E-state index in [0.29, 0.717) is 11.6 Å². The highest BCUT2D eigenvalue weighted by molar-refractivity contribution is 7.10. The molecule has 1 saturated heterocycles. The number of hydrogen-bond donors (Lipinski definition) is 2. The van der Waals surface area contributed by atoms with Crippen molar-refractivity contribution in [1.29, 1.82) is 0 Å². The number of carboxylic acids is 1. The maximum Gasteiger partial charge on any atom is 0.336 e. The summed E-state index contributed by atoms with van der Waals surface area (Å²) in [6.45, 7) is 7.35. The van der Waals surface area contributed by atoms with Gasteiger partial charge >= 0.3 is 5.97 Å². The minimum atomic E-state index is -1.35. The zero-order valence-corrected chi connectivity index (χ0v) is 17.5. The van der Waals surface area contributed by atoms with Crippen LogP contribution < -0.4 is 5.32 Å². The summed E-state index contributed by atoms with van der Waals surface area (Å²) in [4.78, 5) is 28.5. The number of carbonyl (C=O) groups is 2. The molecule has 29 heavy (non-hydrogen) atoms. The summed E-state index contributed by atoms with van der Waals surface area (Å²) in [5, 5.41) is 15.0. The molecule has 0 spiro atoms. The highest BCUT2D eigenvalue weighted by atomic mass is 32.1. The van der Waals surface area contributed by atoms with Gasteiger partial charge in [0.1, 0.15) is 5.01 Å². The Morgan fingerprint density at radius 2 is 1.97 bits per heavy atom. The quantitative estimate of drug-likeness (QED) is 0.739. The summed E-state index contributed by atoms with van der Waals surface area (Å²) in [6, 6.07) is 7.23. The number of benzene rings is 1. The predicted octanol–water partition coefficient (Wildman–Crippen LogP) is 3.98. The van der Waals surface area contributed by atoms with E-state index in [-0.39, 0.29) is 0 Å². The number of carboxylic acid groups (broad SMARTS) is 1. The van der Waals surface area contributed by atoms with Crippen molar-refractivity contribution >= 4 is 41.1 Å². The monoisotopic (exact) mass is 416 g/mol. The van der Waals surface area contributed by atoms with Gasteiger partial charge in [0.05, 0.1) is 5.69 Å².